The van der Waals surface area contributed by atoms with Crippen LogP contribution >= 0.6 is 0 Å². The van der Waals surface area contributed by atoms with E-state index in [1.54, 1.807) is 55.5 Å². The first kappa shape index (κ1) is 23.8. The number of carbonyl (C=O) groups excluding carboxylic acids is 3. The molecular weight excluding hydrogens is 396 g/mol. The van der Waals surface area contributed by atoms with Crippen LogP contribution < -0.4 is 4.74 Å². The molecule has 0 aromatic heterocycles. The molecule has 2 aromatic rings. The number of hydrogen-bond donors (Lipinski definition) is 2. The molecule has 0 unspecified atom stereocenters. The van der Waals surface area contributed by atoms with E-state index < -0.39 is 0 Å². The van der Waals surface area contributed by atoms with Crippen molar-refractivity contribution in [3.8, 4) is 11.5 Å². The van der Waals surface area contributed by atoms with Gasteiger partial charge in [0.25, 0.3) is 0 Å². The monoisotopic (exact) mass is 422 g/mol. The van der Waals surface area contributed by atoms with Gasteiger partial charge in [-0.05, 0) is 66.5 Å². The molecule has 6 heteroatoms. The predicted octanol–water partition coefficient (Wildman–Crippen LogP) is 4.15. The smallest absolute Gasteiger partial charge is 0.311 e. The lowest BCUT2D eigenvalue weighted by molar-refractivity contribution is -0.134. The molecule has 0 heterocycles. The molecule has 0 fully saturated rings. The third-order valence-electron chi connectivity index (χ3n) is 4.43. The summed E-state index contributed by atoms with van der Waals surface area (Å²) in [6.07, 6.45) is 6.45. The van der Waals surface area contributed by atoms with Crippen LogP contribution in [0.25, 0.3) is 12.2 Å². The first-order chi connectivity index (χ1) is 14.8. The topological polar surface area (TPSA) is 101 Å². The van der Waals surface area contributed by atoms with Crippen molar-refractivity contribution in [2.24, 2.45) is 0 Å². The van der Waals surface area contributed by atoms with Crippen molar-refractivity contribution in [1.82, 2.24) is 0 Å². The number of aromatic hydroxyl groups is 1. The molecule has 0 atom stereocenters. The number of aliphatic hydroxyl groups excluding tert-OH is 1. The molecule has 0 saturated carbocycles. The van der Waals surface area contributed by atoms with Crippen LogP contribution in [0.1, 0.15) is 48.4 Å². The van der Waals surface area contributed by atoms with Crippen LogP contribution in [0.2, 0.25) is 0 Å². The Labute approximate surface area is 181 Å². The van der Waals surface area contributed by atoms with Gasteiger partial charge in [-0.15, -0.1) is 0 Å². The third-order valence-corrected chi connectivity index (χ3v) is 4.43. The number of allylic oxidation sites excluding steroid dienone is 2. The van der Waals surface area contributed by atoms with Crippen molar-refractivity contribution in [2.75, 3.05) is 0 Å². The van der Waals surface area contributed by atoms with E-state index in [0.29, 0.717) is 23.1 Å². The highest BCUT2D eigenvalue weighted by molar-refractivity contribution is 6.10. The lowest BCUT2D eigenvalue weighted by atomic mass is 10.1. The average molecular weight is 422 g/mol. The van der Waals surface area contributed by atoms with Crippen LogP contribution in [-0.2, 0) is 21.0 Å². The van der Waals surface area contributed by atoms with Crippen LogP contribution in [0, 0.1) is 6.92 Å². The summed E-state index contributed by atoms with van der Waals surface area (Å²) < 4.78 is 5.23. The molecule has 2 aromatic carbocycles. The normalized spacial score (nSPS) is 11.2. The Morgan fingerprint density at radius 2 is 1.58 bits per heavy atom. The quantitative estimate of drug-likeness (QED) is 0.258. The van der Waals surface area contributed by atoms with Crippen molar-refractivity contribution in [1.29, 1.82) is 0 Å². The Morgan fingerprint density at radius 3 is 2.16 bits per heavy atom. The third kappa shape index (κ3) is 7.68. The van der Waals surface area contributed by atoms with Gasteiger partial charge in [0.15, 0.2) is 11.6 Å². The maximum Gasteiger partial charge on any atom is 0.311 e. The summed E-state index contributed by atoms with van der Waals surface area (Å²) in [6.45, 7) is 3.31. The fourth-order valence-corrected chi connectivity index (χ4v) is 2.75. The maximum atomic E-state index is 12.1. The molecule has 0 radical (unpaired) electrons. The fraction of sp³-hybridized carbons (Fsp3) is 0.240. The van der Waals surface area contributed by atoms with Gasteiger partial charge in [0.05, 0.1) is 13.0 Å². The van der Waals surface area contributed by atoms with Crippen molar-refractivity contribution in [2.45, 2.75) is 39.7 Å². The summed E-state index contributed by atoms with van der Waals surface area (Å²) in [4.78, 5) is 35.7. The van der Waals surface area contributed by atoms with Gasteiger partial charge in [-0.25, -0.2) is 0 Å². The number of benzene rings is 2. The average Bonchev–Trinajstić information content (AvgIpc) is 2.74. The maximum absolute atomic E-state index is 12.1. The number of rotatable bonds is 10. The van der Waals surface area contributed by atoms with Crippen molar-refractivity contribution in [3.63, 3.8) is 0 Å². The van der Waals surface area contributed by atoms with Gasteiger partial charge in [0, 0.05) is 12.0 Å². The number of aryl methyl sites for hydroxylation is 1. The highest BCUT2D eigenvalue weighted by atomic mass is 16.5. The van der Waals surface area contributed by atoms with E-state index in [9.17, 15) is 24.6 Å². The predicted molar refractivity (Wildman–Crippen MR) is 118 cm³/mol. The Morgan fingerprint density at radius 1 is 0.968 bits per heavy atom. The summed E-state index contributed by atoms with van der Waals surface area (Å²) in [5.74, 6) is -0.602. The van der Waals surface area contributed by atoms with E-state index in [4.69, 9.17) is 4.74 Å². The van der Waals surface area contributed by atoms with Crippen molar-refractivity contribution >= 4 is 29.7 Å². The molecule has 0 saturated heterocycles. The number of aliphatic hydroxyl groups is 1. The van der Waals surface area contributed by atoms with E-state index in [2.05, 4.69) is 0 Å². The first-order valence-electron chi connectivity index (χ1n) is 9.98. The Hall–Kier alpha value is -3.51. The minimum Gasteiger partial charge on any atom is -0.508 e. The molecule has 162 valence electrons. The zero-order valence-corrected chi connectivity index (χ0v) is 17.6. The SMILES string of the molecule is CCCC(=O)Oc1ccc(/C=C/C(=O)CC(=O)/C=C/c2ccc(O)c(C)c2)cc1CO. The summed E-state index contributed by atoms with van der Waals surface area (Å²) in [6, 6.07) is 9.80. The van der Waals surface area contributed by atoms with Crippen LogP contribution in [0.3, 0.4) is 0 Å². The van der Waals surface area contributed by atoms with E-state index in [-0.39, 0.29) is 48.5 Å². The molecule has 6 nitrogen and oxygen atoms in total. The number of phenols is 1. The molecule has 0 bridgehead atoms. The summed E-state index contributed by atoms with van der Waals surface area (Å²) >= 11 is 0. The van der Waals surface area contributed by atoms with Gasteiger partial charge in [0.2, 0.25) is 0 Å². The van der Waals surface area contributed by atoms with E-state index in [1.807, 2.05) is 6.92 Å². The number of ketones is 2. The van der Waals surface area contributed by atoms with Crippen LogP contribution in [0.4, 0.5) is 0 Å². The summed E-state index contributed by atoms with van der Waals surface area (Å²) in [5.41, 5.74) is 2.52. The first-order valence-corrected chi connectivity index (χ1v) is 9.98. The van der Waals surface area contributed by atoms with Gasteiger partial charge in [-0.2, -0.15) is 0 Å². The minimum atomic E-state index is -0.371. The number of hydrogen-bond acceptors (Lipinski definition) is 6. The van der Waals surface area contributed by atoms with Gasteiger partial charge < -0.3 is 14.9 Å². The van der Waals surface area contributed by atoms with Gasteiger partial charge in [0.1, 0.15) is 11.5 Å². The summed E-state index contributed by atoms with van der Waals surface area (Å²) in [5, 5.41) is 19.0. The molecular formula is C25H26O6. The van der Waals surface area contributed by atoms with Crippen molar-refractivity contribution < 1.29 is 29.3 Å². The molecule has 2 rings (SSSR count). The second kappa shape index (κ2) is 11.6. The zero-order valence-electron chi connectivity index (χ0n) is 17.6. The lowest BCUT2D eigenvalue weighted by Gasteiger charge is -2.09. The molecule has 31 heavy (non-hydrogen) atoms. The number of phenolic OH excluding ortho intramolecular Hbond substituents is 1. The molecule has 2 N–H and O–H groups in total. The van der Waals surface area contributed by atoms with Crippen LogP contribution in [0.15, 0.2) is 48.6 Å². The number of esters is 1. The molecule has 0 amide bonds. The molecule has 0 aliphatic carbocycles. The van der Waals surface area contributed by atoms with Crippen molar-refractivity contribution in [3.05, 3.63) is 70.8 Å². The Kier molecular flexibility index (Phi) is 8.91. The van der Waals surface area contributed by atoms with E-state index in [1.165, 1.54) is 12.2 Å². The van der Waals surface area contributed by atoms with Gasteiger partial charge in [-0.1, -0.05) is 31.2 Å². The molecule has 0 aliphatic rings. The lowest BCUT2D eigenvalue weighted by Crippen LogP contribution is -2.08. The Balaban J connectivity index is 1.97. The second-order valence-corrected chi connectivity index (χ2v) is 7.07. The standard InChI is InChI=1S/C25H26O6/c1-3-4-25(30)31-24-12-8-19(14-20(24)16-26)6-10-22(28)15-21(27)9-5-18-7-11-23(29)17(2)13-18/h5-14,26,29H,3-4,15-16H2,1-2H3/b9-5+,10-6+. The second-order valence-electron chi connectivity index (χ2n) is 7.07. The van der Waals surface area contributed by atoms with E-state index >= 15 is 0 Å². The zero-order chi connectivity index (χ0) is 22.8. The number of ether oxygens (including phenoxy) is 1. The number of carbonyl (C=O) groups is 3. The van der Waals surface area contributed by atoms with E-state index in [0.717, 1.165) is 5.56 Å². The summed E-state index contributed by atoms with van der Waals surface area (Å²) in [7, 11) is 0. The Bertz CT molecular complexity index is 1020. The van der Waals surface area contributed by atoms with Gasteiger partial charge in [-0.3, -0.25) is 14.4 Å². The largest absolute Gasteiger partial charge is 0.508 e. The molecule has 0 spiro atoms. The molecule has 0 aliphatic heterocycles. The highest BCUT2D eigenvalue weighted by Crippen LogP contribution is 2.22. The minimum absolute atomic E-state index is 0.181. The highest BCUT2D eigenvalue weighted by Gasteiger charge is 2.09. The van der Waals surface area contributed by atoms with Crippen LogP contribution in [-0.4, -0.2) is 27.7 Å². The fourth-order valence-electron chi connectivity index (χ4n) is 2.75. The van der Waals surface area contributed by atoms with Gasteiger partial charge >= 0.3 is 5.97 Å². The van der Waals surface area contributed by atoms with Crippen LogP contribution in [0.5, 0.6) is 11.5 Å².